The number of non-ortho nitro benzene ring substituents is 1. The maximum absolute atomic E-state index is 12.9. The summed E-state index contributed by atoms with van der Waals surface area (Å²) in [4.78, 5) is 37.0. The summed E-state index contributed by atoms with van der Waals surface area (Å²) in [5.41, 5.74) is 0.861. The minimum Gasteiger partial charge on any atom is -0.482 e. The molecule has 2 aromatic rings. The predicted molar refractivity (Wildman–Crippen MR) is 121 cm³/mol. The van der Waals surface area contributed by atoms with Crippen molar-refractivity contribution in [2.75, 3.05) is 13.7 Å². The van der Waals surface area contributed by atoms with Crippen LogP contribution in [0.1, 0.15) is 37.5 Å². The maximum Gasteiger partial charge on any atom is 0.411 e. The average Bonchev–Trinajstić information content (AvgIpc) is 2.80. The van der Waals surface area contributed by atoms with Crippen LogP contribution in [0.3, 0.4) is 0 Å². The number of benzene rings is 2. The molecule has 0 saturated heterocycles. The molecule has 2 heterocycles. The highest BCUT2D eigenvalue weighted by molar-refractivity contribution is 5.82. The molecule has 2 aliphatic heterocycles. The largest absolute Gasteiger partial charge is 0.482 e. The fourth-order valence-electron chi connectivity index (χ4n) is 4.02. The van der Waals surface area contributed by atoms with Gasteiger partial charge in [0.15, 0.2) is 18.1 Å². The van der Waals surface area contributed by atoms with Crippen molar-refractivity contribution in [1.82, 2.24) is 4.90 Å². The minimum absolute atomic E-state index is 0.0522. The van der Waals surface area contributed by atoms with Gasteiger partial charge in [0, 0.05) is 24.1 Å². The van der Waals surface area contributed by atoms with Gasteiger partial charge in [-0.15, -0.1) is 0 Å². The van der Waals surface area contributed by atoms with Gasteiger partial charge in [0.2, 0.25) is 0 Å². The van der Waals surface area contributed by atoms with Crippen LogP contribution in [0.4, 0.5) is 10.5 Å². The van der Waals surface area contributed by atoms with Crippen molar-refractivity contribution in [2.24, 2.45) is 0 Å². The standard InChI is InChI=1S/C24H26N2O9/c1-23(2,3)35-22(28)25-12-15-11-20-19(10-14(15)9-18(25)21(27)32-4)33-13-24(29,34-20)16-5-7-17(8-6-16)26(30)31/h5-8,10-11,18,29H,9,12-13H2,1-4H3/t18?,24-/m1/s1. The molecule has 1 N–H and O–H groups in total. The van der Waals surface area contributed by atoms with Gasteiger partial charge in [-0.2, -0.15) is 0 Å². The first kappa shape index (κ1) is 24.3. The quantitative estimate of drug-likeness (QED) is 0.394. The van der Waals surface area contributed by atoms with Gasteiger partial charge in [0.05, 0.1) is 18.6 Å². The van der Waals surface area contributed by atoms with Crippen LogP contribution < -0.4 is 9.47 Å². The first-order valence-electron chi connectivity index (χ1n) is 10.9. The van der Waals surface area contributed by atoms with E-state index in [1.54, 1.807) is 32.9 Å². The summed E-state index contributed by atoms with van der Waals surface area (Å²) < 4.78 is 22.0. The fourth-order valence-corrected chi connectivity index (χ4v) is 4.02. The molecule has 1 unspecified atom stereocenters. The first-order valence-corrected chi connectivity index (χ1v) is 10.9. The van der Waals surface area contributed by atoms with Crippen molar-refractivity contribution >= 4 is 17.7 Å². The summed E-state index contributed by atoms with van der Waals surface area (Å²) in [6.45, 7) is 5.00. The Balaban J connectivity index is 1.64. The second-order valence-corrected chi connectivity index (χ2v) is 9.40. The van der Waals surface area contributed by atoms with Crippen LogP contribution in [0.25, 0.3) is 0 Å². The molecule has 11 heteroatoms. The lowest BCUT2D eigenvalue weighted by atomic mass is 9.93. The molecule has 0 fully saturated rings. The maximum atomic E-state index is 12.9. The molecule has 4 rings (SSSR count). The monoisotopic (exact) mass is 486 g/mol. The summed E-state index contributed by atoms with van der Waals surface area (Å²) in [5.74, 6) is -1.84. The van der Waals surface area contributed by atoms with Crippen molar-refractivity contribution in [3.8, 4) is 11.5 Å². The summed E-state index contributed by atoms with van der Waals surface area (Å²) in [6, 6.07) is 7.82. The molecule has 0 bridgehead atoms. The van der Waals surface area contributed by atoms with Gasteiger partial charge in [-0.25, -0.2) is 9.59 Å². The van der Waals surface area contributed by atoms with Crippen LogP contribution >= 0.6 is 0 Å². The smallest absolute Gasteiger partial charge is 0.411 e. The van der Waals surface area contributed by atoms with Gasteiger partial charge < -0.3 is 24.1 Å². The van der Waals surface area contributed by atoms with Crippen LogP contribution in [0.2, 0.25) is 0 Å². The lowest BCUT2D eigenvalue weighted by molar-refractivity contribution is -0.384. The summed E-state index contributed by atoms with van der Waals surface area (Å²) in [7, 11) is 1.26. The van der Waals surface area contributed by atoms with E-state index in [1.807, 2.05) is 0 Å². The number of rotatable bonds is 3. The van der Waals surface area contributed by atoms with Crippen LogP contribution in [-0.4, -0.2) is 52.4 Å². The Morgan fingerprint density at radius 2 is 1.83 bits per heavy atom. The van der Waals surface area contributed by atoms with Crippen LogP contribution in [0.5, 0.6) is 11.5 Å². The van der Waals surface area contributed by atoms with Crippen LogP contribution in [0.15, 0.2) is 36.4 Å². The number of amides is 1. The number of hydrogen-bond donors (Lipinski definition) is 1. The predicted octanol–water partition coefficient (Wildman–Crippen LogP) is 3.05. The number of fused-ring (bicyclic) bond motifs is 2. The lowest BCUT2D eigenvalue weighted by Gasteiger charge is -2.38. The number of methoxy groups -OCH3 is 1. The highest BCUT2D eigenvalue weighted by Crippen LogP contribution is 2.42. The minimum atomic E-state index is -1.87. The second-order valence-electron chi connectivity index (χ2n) is 9.40. The van der Waals surface area contributed by atoms with E-state index in [1.165, 1.54) is 36.3 Å². The van der Waals surface area contributed by atoms with Crippen molar-refractivity contribution in [2.45, 2.75) is 51.2 Å². The van der Waals surface area contributed by atoms with E-state index in [0.717, 1.165) is 5.56 Å². The molecule has 11 nitrogen and oxygen atoms in total. The summed E-state index contributed by atoms with van der Waals surface area (Å²) in [6.07, 6.45) is -0.472. The third kappa shape index (κ3) is 4.85. The molecule has 0 radical (unpaired) electrons. The zero-order valence-corrected chi connectivity index (χ0v) is 19.8. The lowest BCUT2D eigenvalue weighted by Crippen LogP contribution is -2.50. The van der Waals surface area contributed by atoms with Crippen molar-refractivity contribution in [3.05, 3.63) is 63.2 Å². The van der Waals surface area contributed by atoms with E-state index >= 15 is 0 Å². The van der Waals surface area contributed by atoms with Gasteiger partial charge in [-0.1, -0.05) is 0 Å². The molecule has 0 aliphatic carbocycles. The van der Waals surface area contributed by atoms with Gasteiger partial charge in [0.25, 0.3) is 11.5 Å². The molecule has 2 aromatic carbocycles. The Kier molecular flexibility index (Phi) is 6.05. The van der Waals surface area contributed by atoms with E-state index in [-0.39, 0.29) is 36.6 Å². The number of esters is 1. The van der Waals surface area contributed by atoms with Gasteiger partial charge >= 0.3 is 12.1 Å². The molecular formula is C24H26N2O9. The fraction of sp³-hybridized carbons (Fsp3) is 0.417. The number of ether oxygens (including phenoxy) is 4. The molecule has 186 valence electrons. The summed E-state index contributed by atoms with van der Waals surface area (Å²) in [5, 5.41) is 22.0. The molecular weight excluding hydrogens is 460 g/mol. The molecule has 1 amide bonds. The van der Waals surface area contributed by atoms with E-state index in [4.69, 9.17) is 18.9 Å². The molecule has 0 saturated carbocycles. The Morgan fingerprint density at radius 1 is 1.17 bits per heavy atom. The summed E-state index contributed by atoms with van der Waals surface area (Å²) >= 11 is 0. The van der Waals surface area contributed by atoms with Crippen LogP contribution in [0, 0.1) is 10.1 Å². The highest BCUT2D eigenvalue weighted by atomic mass is 16.7. The Bertz CT molecular complexity index is 1170. The van der Waals surface area contributed by atoms with Crippen molar-refractivity contribution < 1.29 is 38.6 Å². The van der Waals surface area contributed by atoms with Gasteiger partial charge in [0.1, 0.15) is 11.6 Å². The third-order valence-corrected chi connectivity index (χ3v) is 5.73. The number of nitro groups is 1. The number of nitro benzene ring substituents is 1. The molecule has 35 heavy (non-hydrogen) atoms. The third-order valence-electron chi connectivity index (χ3n) is 5.73. The van der Waals surface area contributed by atoms with E-state index in [2.05, 4.69) is 0 Å². The van der Waals surface area contributed by atoms with Crippen molar-refractivity contribution in [1.29, 1.82) is 0 Å². The highest BCUT2D eigenvalue weighted by Gasteiger charge is 2.41. The normalized spacial score (nSPS) is 21.1. The van der Waals surface area contributed by atoms with E-state index < -0.39 is 34.4 Å². The number of carbonyl (C=O) groups is 2. The van der Waals surface area contributed by atoms with Crippen molar-refractivity contribution in [3.63, 3.8) is 0 Å². The van der Waals surface area contributed by atoms with Gasteiger partial charge in [-0.05, 0) is 56.2 Å². The zero-order chi connectivity index (χ0) is 25.5. The molecule has 2 aliphatic rings. The Labute approximate surface area is 201 Å². The zero-order valence-electron chi connectivity index (χ0n) is 19.8. The van der Waals surface area contributed by atoms with E-state index in [9.17, 15) is 24.8 Å². The van der Waals surface area contributed by atoms with Crippen LogP contribution in [-0.2, 0) is 33.0 Å². The topological polar surface area (TPSA) is 138 Å². The number of aliphatic hydroxyl groups is 1. The average molecular weight is 486 g/mol. The second kappa shape index (κ2) is 8.73. The Hall–Kier alpha value is -3.86. The Morgan fingerprint density at radius 3 is 2.43 bits per heavy atom. The number of carbonyl (C=O) groups excluding carboxylic acids is 2. The number of hydrogen-bond acceptors (Lipinski definition) is 9. The first-order chi connectivity index (χ1) is 16.4. The van der Waals surface area contributed by atoms with Gasteiger partial charge in [-0.3, -0.25) is 15.0 Å². The van der Waals surface area contributed by atoms with E-state index in [0.29, 0.717) is 11.3 Å². The molecule has 0 aromatic heterocycles. The molecule has 2 atom stereocenters. The molecule has 0 spiro atoms. The SMILES string of the molecule is COC(=O)C1Cc2cc3c(cc2CN1C(=O)OC(C)(C)C)O[C@@](O)(c1ccc([N+](=O)[O-])cc1)CO3. The number of nitrogens with zero attached hydrogens (tertiary/aromatic N) is 2.